The van der Waals surface area contributed by atoms with E-state index in [1.165, 1.54) is 0 Å². The number of thiocarbonyl (C=S) groups is 1. The number of thiol groups is 1. The van der Waals surface area contributed by atoms with Crippen molar-refractivity contribution in [3.63, 3.8) is 0 Å². The Kier molecular flexibility index (Phi) is 21.3. The van der Waals surface area contributed by atoms with Gasteiger partial charge in [-0.05, 0) is 19.1 Å². The second kappa shape index (κ2) is 15.4. The minimum absolute atomic E-state index is 0. The van der Waals surface area contributed by atoms with Crippen molar-refractivity contribution in [1.82, 2.24) is 0 Å². The molecule has 0 aliphatic rings. The van der Waals surface area contributed by atoms with Gasteiger partial charge in [-0.15, -0.1) is 0 Å². The van der Waals surface area contributed by atoms with E-state index in [2.05, 4.69) is 29.6 Å². The molecular weight excluding hydrogens is 295 g/mol. The molecule has 0 aromatic heterocycles. The van der Waals surface area contributed by atoms with Crippen LogP contribution in [0.15, 0.2) is 0 Å². The van der Waals surface area contributed by atoms with E-state index in [0.717, 1.165) is 0 Å². The molecule has 0 rings (SSSR count). The van der Waals surface area contributed by atoms with Crippen molar-refractivity contribution in [3.05, 3.63) is 0 Å². The molecule has 3 atom stereocenters. The number of carbonyl (C=O) groups is 1. The Morgan fingerprint density at radius 2 is 2.00 bits per heavy atom. The summed E-state index contributed by atoms with van der Waals surface area (Å²) in [6, 6.07) is 0. The van der Waals surface area contributed by atoms with E-state index >= 15 is 0 Å². The summed E-state index contributed by atoms with van der Waals surface area (Å²) >= 11 is 8.12. The average molecular weight is 312 g/mol. The molecule has 6 nitrogen and oxygen atoms in total. The van der Waals surface area contributed by atoms with Crippen molar-refractivity contribution in [2.75, 3.05) is 13.2 Å². The molecule has 0 aliphatic heterocycles. The molecule has 9 heteroatoms. The van der Waals surface area contributed by atoms with Crippen molar-refractivity contribution in [2.45, 2.75) is 25.2 Å². The quantitative estimate of drug-likeness (QED) is 0.151. The molecule has 0 saturated heterocycles. The molecule has 0 amide bonds. The molecular formula is C8H17KO6S2. The van der Waals surface area contributed by atoms with Crippen LogP contribution < -0.4 is 51.4 Å². The van der Waals surface area contributed by atoms with E-state index in [-0.39, 0.29) is 59.1 Å². The van der Waals surface area contributed by atoms with E-state index < -0.39 is 24.9 Å². The van der Waals surface area contributed by atoms with Crippen molar-refractivity contribution in [3.8, 4) is 0 Å². The maximum absolute atomic E-state index is 9.76. The molecule has 0 fully saturated rings. The van der Waals surface area contributed by atoms with Gasteiger partial charge in [-0.2, -0.15) is 0 Å². The first-order chi connectivity index (χ1) is 7.40. The summed E-state index contributed by atoms with van der Waals surface area (Å²) in [7, 11) is 0. The van der Waals surface area contributed by atoms with Gasteiger partial charge in [0, 0.05) is 0 Å². The fourth-order valence-corrected chi connectivity index (χ4v) is 0.787. The van der Waals surface area contributed by atoms with Gasteiger partial charge in [0.1, 0.15) is 18.3 Å². The summed E-state index contributed by atoms with van der Waals surface area (Å²) in [5.74, 6) is 0. The Morgan fingerprint density at radius 3 is 2.18 bits per heavy atom. The number of aliphatic hydroxyl groups excluding tert-OH is 4. The Labute approximate surface area is 155 Å². The van der Waals surface area contributed by atoms with Gasteiger partial charge in [-0.25, -0.2) is 0 Å². The number of aldehydes is 1. The maximum Gasteiger partial charge on any atom is 1.00 e. The van der Waals surface area contributed by atoms with Crippen molar-refractivity contribution < 1.29 is 82.8 Å². The zero-order chi connectivity index (χ0) is 13.1. The Balaban J connectivity index is -0.000000108. The third-order valence-electron chi connectivity index (χ3n) is 1.34. The first-order valence-corrected chi connectivity index (χ1v) is 5.22. The molecule has 17 heavy (non-hydrogen) atoms. The Hall–Kier alpha value is 1.39. The smallest absolute Gasteiger partial charge is 1.00 e. The van der Waals surface area contributed by atoms with Crippen LogP contribution in [0.3, 0.4) is 0 Å². The second-order valence-corrected chi connectivity index (χ2v) is 3.65. The zero-order valence-electron chi connectivity index (χ0n) is 10.7. The molecule has 4 N–H and O–H groups in total. The SMILES string of the molecule is CCOC(=S)S.O=C[C@@H](O)[C@H](O)[C@H](O)CO.[H-].[K+]. The molecule has 0 aliphatic carbocycles. The standard InChI is InChI=1S/C5H10O5.C3H6OS2.K.H/c6-1-3(8)5(10)4(9)2-7;1-2-4-3(5)6;;/h1,3-5,7-10H,2H2;2H2,1H3,(H,5,6);;/q;;+1;-1/t3-,4-,5+;;;/m1.../s1. The fourth-order valence-electron chi connectivity index (χ4n) is 0.540. The van der Waals surface area contributed by atoms with Crippen molar-refractivity contribution in [1.29, 1.82) is 0 Å². The monoisotopic (exact) mass is 312 g/mol. The van der Waals surface area contributed by atoms with Gasteiger partial charge in [0.05, 0.1) is 13.2 Å². The summed E-state index contributed by atoms with van der Waals surface area (Å²) in [6.45, 7) is 1.79. The van der Waals surface area contributed by atoms with Crippen LogP contribution in [0.2, 0.25) is 0 Å². The Bertz CT molecular complexity index is 212. The summed E-state index contributed by atoms with van der Waals surface area (Å²) in [5, 5.41) is 34.1. The molecule has 98 valence electrons. The van der Waals surface area contributed by atoms with Crippen LogP contribution >= 0.6 is 24.8 Å². The molecule has 0 bridgehead atoms. The van der Waals surface area contributed by atoms with Gasteiger partial charge in [0.2, 0.25) is 4.38 Å². The number of carbonyl (C=O) groups excluding carboxylic acids is 1. The number of ether oxygens (including phenoxy) is 1. The van der Waals surface area contributed by atoms with Gasteiger partial charge in [-0.1, -0.05) is 12.6 Å². The fraction of sp³-hybridized carbons (Fsp3) is 0.750. The van der Waals surface area contributed by atoms with Crippen LogP contribution in [0.4, 0.5) is 0 Å². The predicted octanol–water partition coefficient (Wildman–Crippen LogP) is -4.39. The second-order valence-electron chi connectivity index (χ2n) is 2.57. The number of rotatable bonds is 5. The maximum atomic E-state index is 9.76. The van der Waals surface area contributed by atoms with E-state index in [9.17, 15) is 4.79 Å². The number of aliphatic hydroxyl groups is 4. The normalized spacial score (nSPS) is 14.2. The molecule has 0 radical (unpaired) electrons. The summed E-state index contributed by atoms with van der Waals surface area (Å²) in [5.41, 5.74) is 0. The Morgan fingerprint density at radius 1 is 1.53 bits per heavy atom. The van der Waals surface area contributed by atoms with Crippen LogP contribution in [-0.4, -0.2) is 62.6 Å². The van der Waals surface area contributed by atoms with Crippen LogP contribution in [0.5, 0.6) is 0 Å². The molecule has 0 saturated carbocycles. The zero-order valence-corrected chi connectivity index (χ0v) is 14.5. The molecule has 0 aromatic carbocycles. The van der Waals surface area contributed by atoms with Crippen LogP contribution in [-0.2, 0) is 9.53 Å². The van der Waals surface area contributed by atoms with Crippen LogP contribution in [0.25, 0.3) is 0 Å². The molecule has 0 heterocycles. The first-order valence-electron chi connectivity index (χ1n) is 4.36. The molecule has 0 unspecified atom stereocenters. The van der Waals surface area contributed by atoms with E-state index in [0.29, 0.717) is 11.0 Å². The molecule has 0 aromatic rings. The van der Waals surface area contributed by atoms with Gasteiger partial charge >= 0.3 is 51.4 Å². The molecule has 0 spiro atoms. The average Bonchev–Trinajstić information content (AvgIpc) is 2.26. The predicted molar refractivity (Wildman–Crippen MR) is 65.5 cm³/mol. The summed E-state index contributed by atoms with van der Waals surface area (Å²) < 4.78 is 4.95. The topological polar surface area (TPSA) is 107 Å². The minimum atomic E-state index is -1.64. The van der Waals surface area contributed by atoms with Gasteiger partial charge < -0.3 is 31.4 Å². The first kappa shape index (κ1) is 23.5. The van der Waals surface area contributed by atoms with E-state index in [1.54, 1.807) is 0 Å². The van der Waals surface area contributed by atoms with Gasteiger partial charge in [0.25, 0.3) is 0 Å². The van der Waals surface area contributed by atoms with Crippen LogP contribution in [0.1, 0.15) is 8.35 Å². The third-order valence-corrected chi connectivity index (χ3v) is 1.59. The number of hydrogen-bond donors (Lipinski definition) is 5. The van der Waals surface area contributed by atoms with Gasteiger partial charge in [0.15, 0.2) is 6.29 Å². The minimum Gasteiger partial charge on any atom is -1.00 e. The van der Waals surface area contributed by atoms with Gasteiger partial charge in [-0.3, -0.25) is 0 Å². The van der Waals surface area contributed by atoms with Crippen molar-refractivity contribution >= 4 is 35.5 Å². The number of hydrogen-bond acceptors (Lipinski definition) is 7. The van der Waals surface area contributed by atoms with E-state index in [1.807, 2.05) is 6.92 Å². The van der Waals surface area contributed by atoms with E-state index in [4.69, 9.17) is 20.4 Å². The van der Waals surface area contributed by atoms with Crippen LogP contribution in [0, 0.1) is 0 Å². The largest absolute Gasteiger partial charge is 1.00 e. The third kappa shape index (κ3) is 15.3. The van der Waals surface area contributed by atoms with Crippen molar-refractivity contribution in [2.24, 2.45) is 0 Å². The summed E-state index contributed by atoms with van der Waals surface area (Å²) in [4.78, 5) is 9.76. The summed E-state index contributed by atoms with van der Waals surface area (Å²) in [6.07, 6.45) is -4.63.